The number of ether oxygens (including phenoxy) is 1. The van der Waals surface area contributed by atoms with Crippen LogP contribution < -0.4 is 4.74 Å². The van der Waals surface area contributed by atoms with Gasteiger partial charge in [0, 0.05) is 24.1 Å². The van der Waals surface area contributed by atoms with E-state index in [-0.39, 0.29) is 27.7 Å². The molecule has 0 radical (unpaired) electrons. The van der Waals surface area contributed by atoms with Gasteiger partial charge in [0.2, 0.25) is 15.1 Å². The number of nitrogens with zero attached hydrogens (tertiary/aromatic N) is 4. The maximum atomic E-state index is 12.9. The molecule has 3 rings (SSSR count). The molecule has 0 aliphatic rings. The molecule has 0 aliphatic heterocycles. The first kappa shape index (κ1) is 21.5. The van der Waals surface area contributed by atoms with Crippen molar-refractivity contribution in [2.24, 2.45) is 0 Å². The summed E-state index contributed by atoms with van der Waals surface area (Å²) >= 11 is 1.59. The summed E-state index contributed by atoms with van der Waals surface area (Å²) in [5.41, 5.74) is -0.815. The highest BCUT2D eigenvalue weighted by molar-refractivity contribution is 7.98. The molecule has 156 valence electrons. The minimum atomic E-state index is -4.60. The van der Waals surface area contributed by atoms with Crippen LogP contribution in [0.4, 0.5) is 13.2 Å². The van der Waals surface area contributed by atoms with Gasteiger partial charge in [0.1, 0.15) is 40.6 Å². The molecule has 0 saturated carbocycles. The van der Waals surface area contributed by atoms with E-state index in [0.717, 1.165) is 18.1 Å². The standard InChI is InChI=1S/C17H17F3N4O3S2/c1-3-29(25,26)13-6-11(27-4-5-28-2)8-21-16(13)12-9-24-10-22-14(17(18,19)20)7-15(24)23-12/h6-10H,3-5H2,1-2H3/p+1. The molecule has 1 N–H and O–H groups in total. The van der Waals surface area contributed by atoms with Gasteiger partial charge in [-0.2, -0.15) is 29.5 Å². The maximum Gasteiger partial charge on any atom is 0.433 e. The number of fused-ring (bicyclic) bond motifs is 1. The Hall–Kier alpha value is -2.18. The third-order valence-corrected chi connectivity index (χ3v) is 6.36. The van der Waals surface area contributed by atoms with Gasteiger partial charge >= 0.3 is 6.18 Å². The van der Waals surface area contributed by atoms with Crippen LogP contribution in [0.2, 0.25) is 0 Å². The monoisotopic (exact) mass is 447 g/mol. The lowest BCUT2D eigenvalue weighted by Crippen LogP contribution is -2.15. The molecular formula is C17H18F3N4O3S2+. The summed E-state index contributed by atoms with van der Waals surface area (Å²) in [5, 5.41) is 0. The summed E-state index contributed by atoms with van der Waals surface area (Å²) in [5.74, 6) is 1.00. The molecule has 0 aromatic carbocycles. The highest BCUT2D eigenvalue weighted by atomic mass is 32.3. The van der Waals surface area contributed by atoms with Crippen molar-refractivity contribution in [1.29, 1.82) is 0 Å². The predicted molar refractivity (Wildman–Crippen MR) is 105 cm³/mol. The molecule has 0 spiro atoms. The summed E-state index contributed by atoms with van der Waals surface area (Å²) in [4.78, 5) is 11.8. The van der Waals surface area contributed by atoms with Crippen molar-refractivity contribution in [3.8, 4) is 17.1 Å². The zero-order valence-corrected chi connectivity index (χ0v) is 17.1. The average molecular weight is 447 g/mol. The molecule has 12 heteroatoms. The zero-order valence-electron chi connectivity index (χ0n) is 15.5. The quantitative estimate of drug-likeness (QED) is 0.434. The smallest absolute Gasteiger partial charge is 0.433 e. The number of pyridine rings is 1. The van der Waals surface area contributed by atoms with Gasteiger partial charge in [-0.25, -0.2) is 15.0 Å². The Morgan fingerprint density at radius 2 is 2.07 bits per heavy atom. The van der Waals surface area contributed by atoms with Crippen LogP contribution in [0.1, 0.15) is 12.6 Å². The molecule has 0 fully saturated rings. The predicted octanol–water partition coefficient (Wildman–Crippen LogP) is 3.90. The summed E-state index contributed by atoms with van der Waals surface area (Å²) in [6.07, 6.45) is 1.12. The summed E-state index contributed by atoms with van der Waals surface area (Å²) in [6, 6.07) is 2.23. The number of hydrogen-bond donors (Lipinski definition) is 1. The third kappa shape index (κ3) is 4.70. The highest BCUT2D eigenvalue weighted by Crippen LogP contribution is 2.32. The van der Waals surface area contributed by atoms with Crippen LogP contribution in [-0.2, 0) is 20.6 Å². The van der Waals surface area contributed by atoms with Crippen LogP contribution in [0, 0.1) is 0 Å². The van der Waals surface area contributed by atoms with Crippen LogP contribution in [-0.4, -0.2) is 48.3 Å². The Bertz CT molecular complexity index is 1070. The Balaban J connectivity index is 2.08. The zero-order chi connectivity index (χ0) is 21.2. The van der Waals surface area contributed by atoms with Gasteiger partial charge in [0.15, 0.2) is 0 Å². The third-order valence-electron chi connectivity index (χ3n) is 4.00. The van der Waals surface area contributed by atoms with Gasteiger partial charge in [-0.3, -0.25) is 4.40 Å². The molecular weight excluding hydrogens is 429 g/mol. The Kier molecular flexibility index (Phi) is 6.15. The van der Waals surface area contributed by atoms with Crippen LogP contribution in [0.3, 0.4) is 0 Å². The lowest BCUT2D eigenvalue weighted by molar-refractivity contribution is -0.141. The van der Waals surface area contributed by atoms with Crippen molar-refractivity contribution in [2.45, 2.75) is 18.0 Å². The van der Waals surface area contributed by atoms with Crippen LogP contribution >= 0.6 is 11.8 Å². The number of aromatic nitrogens is 4. The number of halogens is 3. The van der Waals surface area contributed by atoms with E-state index in [1.165, 1.54) is 22.9 Å². The molecule has 3 aromatic rings. The topological polar surface area (TPSA) is 89.6 Å². The van der Waals surface area contributed by atoms with E-state index in [2.05, 4.69) is 15.0 Å². The van der Waals surface area contributed by atoms with Crippen molar-refractivity contribution >= 4 is 27.6 Å². The van der Waals surface area contributed by atoms with Gasteiger partial charge in [-0.05, 0) is 13.2 Å². The van der Waals surface area contributed by atoms with Crippen molar-refractivity contribution in [3.05, 3.63) is 36.5 Å². The first-order chi connectivity index (χ1) is 13.7. The number of hydrogen-bond acceptors (Lipinski definition) is 6. The van der Waals surface area contributed by atoms with E-state index in [1.54, 1.807) is 18.7 Å². The van der Waals surface area contributed by atoms with Gasteiger partial charge in [0.05, 0.1) is 12.8 Å². The molecule has 7 nitrogen and oxygen atoms in total. The van der Waals surface area contributed by atoms with E-state index >= 15 is 0 Å². The Morgan fingerprint density at radius 1 is 1.31 bits per heavy atom. The second-order valence-corrected chi connectivity index (χ2v) is 9.24. The molecule has 29 heavy (non-hydrogen) atoms. The summed E-state index contributed by atoms with van der Waals surface area (Å²) in [7, 11) is -3.44. The second-order valence-electron chi connectivity index (χ2n) is 5.95. The number of rotatable bonds is 7. The van der Waals surface area contributed by atoms with Crippen LogP contribution in [0.15, 0.2) is 35.7 Å². The molecule has 0 bridgehead atoms. The van der Waals surface area contributed by atoms with E-state index in [4.69, 9.17) is 4.74 Å². The molecule has 1 atom stereocenters. The van der Waals surface area contributed by atoms with Crippen molar-refractivity contribution in [3.63, 3.8) is 0 Å². The highest BCUT2D eigenvalue weighted by Gasteiger charge is 2.35. The lowest BCUT2D eigenvalue weighted by atomic mass is 10.3. The van der Waals surface area contributed by atoms with Crippen molar-refractivity contribution < 1.29 is 26.7 Å². The molecule has 0 saturated heterocycles. The van der Waals surface area contributed by atoms with Gasteiger partial charge in [-0.15, -0.1) is 0 Å². The fourth-order valence-corrected chi connectivity index (χ4v) is 3.82. The first-order valence-corrected chi connectivity index (χ1v) is 11.5. The van der Waals surface area contributed by atoms with Crippen molar-refractivity contribution in [2.75, 3.05) is 24.4 Å². The van der Waals surface area contributed by atoms with E-state index in [1.807, 2.05) is 6.26 Å². The van der Waals surface area contributed by atoms with E-state index < -0.39 is 22.1 Å². The van der Waals surface area contributed by atoms with Crippen LogP contribution in [0.25, 0.3) is 17.0 Å². The number of thioether (sulfide) groups is 1. The average Bonchev–Trinajstić information content (AvgIpc) is 3.10. The normalized spacial score (nSPS) is 14.1. The largest absolute Gasteiger partial charge is 0.491 e. The maximum absolute atomic E-state index is 12.9. The SMILES string of the molecule is CC[S+](=O)(O)c1cc(OCCSC)cnc1-c1cn2cnc(C(F)(F)F)cc2n1. The fourth-order valence-electron chi connectivity index (χ4n) is 2.50. The minimum Gasteiger partial charge on any atom is -0.491 e. The Labute approximate surface area is 170 Å². The molecule has 0 amide bonds. The molecule has 0 aliphatic carbocycles. The number of alkyl halides is 3. The van der Waals surface area contributed by atoms with Crippen molar-refractivity contribution in [1.82, 2.24) is 19.4 Å². The van der Waals surface area contributed by atoms with Crippen LogP contribution in [0.5, 0.6) is 5.75 Å². The van der Waals surface area contributed by atoms with E-state index in [9.17, 15) is 21.9 Å². The number of imidazole rings is 1. The minimum absolute atomic E-state index is 0.00342. The van der Waals surface area contributed by atoms with E-state index in [0.29, 0.717) is 12.4 Å². The summed E-state index contributed by atoms with van der Waals surface area (Å²) < 4.78 is 68.6. The molecule has 1 unspecified atom stereocenters. The van der Waals surface area contributed by atoms with Gasteiger partial charge in [0.25, 0.3) is 0 Å². The Morgan fingerprint density at radius 3 is 2.72 bits per heavy atom. The van der Waals surface area contributed by atoms with Gasteiger partial charge < -0.3 is 4.74 Å². The second kappa shape index (κ2) is 8.28. The first-order valence-electron chi connectivity index (χ1n) is 8.44. The molecule has 3 aromatic heterocycles. The van der Waals surface area contributed by atoms with Gasteiger partial charge in [-0.1, -0.05) is 4.21 Å². The molecule has 3 heterocycles. The summed E-state index contributed by atoms with van der Waals surface area (Å²) in [6.45, 7) is 1.96. The fraction of sp³-hybridized carbons (Fsp3) is 0.353. The lowest BCUT2D eigenvalue weighted by Gasteiger charge is -2.09.